The van der Waals surface area contributed by atoms with Gasteiger partial charge in [0, 0.05) is 31.9 Å². The molecule has 1 aromatic heterocycles. The van der Waals surface area contributed by atoms with E-state index >= 15 is 0 Å². The number of rotatable bonds is 3. The van der Waals surface area contributed by atoms with Crippen molar-refractivity contribution in [2.45, 2.75) is 9.79 Å². The first kappa shape index (κ1) is 12.5. The van der Waals surface area contributed by atoms with E-state index in [-0.39, 0.29) is 0 Å². The fourth-order valence-corrected chi connectivity index (χ4v) is 3.02. The second-order valence-electron chi connectivity index (χ2n) is 4.12. The van der Waals surface area contributed by atoms with Gasteiger partial charge in [-0.05, 0) is 42.5 Å². The van der Waals surface area contributed by atoms with Gasteiger partial charge in [-0.2, -0.15) is 0 Å². The third-order valence-corrected chi connectivity index (χ3v) is 4.19. The van der Waals surface area contributed by atoms with Crippen LogP contribution in [0.1, 0.15) is 0 Å². The number of aromatic amines is 1. The second kappa shape index (κ2) is 5.19. The van der Waals surface area contributed by atoms with E-state index in [9.17, 15) is 0 Å². The van der Waals surface area contributed by atoms with Gasteiger partial charge in [0.25, 0.3) is 0 Å². The summed E-state index contributed by atoms with van der Waals surface area (Å²) in [5.74, 6) is 0.867. The van der Waals surface area contributed by atoms with Gasteiger partial charge in [-0.1, -0.05) is 23.4 Å². The van der Waals surface area contributed by atoms with E-state index in [1.54, 1.807) is 18.9 Å². The molecule has 0 unspecified atom stereocenters. The van der Waals surface area contributed by atoms with Gasteiger partial charge in [0.2, 0.25) is 0 Å². The topological polar surface area (TPSA) is 25.0 Å². The van der Waals surface area contributed by atoms with Crippen LogP contribution in [0.2, 0.25) is 5.02 Å². The molecule has 0 radical (unpaired) electrons. The van der Waals surface area contributed by atoms with Gasteiger partial charge in [0.05, 0.1) is 7.11 Å². The van der Waals surface area contributed by atoms with E-state index in [0.717, 1.165) is 21.7 Å². The second-order valence-corrected chi connectivity index (χ2v) is 5.67. The average molecular weight is 290 g/mol. The summed E-state index contributed by atoms with van der Waals surface area (Å²) in [6, 6.07) is 13.9. The van der Waals surface area contributed by atoms with Gasteiger partial charge in [0.15, 0.2) is 0 Å². The first-order valence-electron chi connectivity index (χ1n) is 5.85. The number of halogens is 1. The molecule has 0 saturated heterocycles. The molecule has 2 nitrogen and oxygen atoms in total. The molecule has 0 atom stereocenters. The molecular formula is C15H12ClNOS. The molecule has 3 aromatic rings. The summed E-state index contributed by atoms with van der Waals surface area (Å²) in [6.45, 7) is 0. The number of nitrogens with one attached hydrogen (secondary N) is 1. The molecule has 0 fully saturated rings. The number of fused-ring (bicyclic) bond motifs is 1. The summed E-state index contributed by atoms with van der Waals surface area (Å²) in [4.78, 5) is 5.59. The Morgan fingerprint density at radius 1 is 1.11 bits per heavy atom. The van der Waals surface area contributed by atoms with Gasteiger partial charge in [-0.15, -0.1) is 0 Å². The Morgan fingerprint density at radius 2 is 1.89 bits per heavy atom. The van der Waals surface area contributed by atoms with Crippen LogP contribution in [0.4, 0.5) is 0 Å². The van der Waals surface area contributed by atoms with Gasteiger partial charge < -0.3 is 9.72 Å². The number of H-pyrrole nitrogens is 1. The first-order valence-corrected chi connectivity index (χ1v) is 7.04. The van der Waals surface area contributed by atoms with Crippen molar-refractivity contribution in [3.8, 4) is 5.75 Å². The average Bonchev–Trinajstić information content (AvgIpc) is 2.82. The van der Waals surface area contributed by atoms with Crippen molar-refractivity contribution in [2.75, 3.05) is 7.11 Å². The lowest BCUT2D eigenvalue weighted by Crippen LogP contribution is -1.81. The summed E-state index contributed by atoms with van der Waals surface area (Å²) in [5.41, 5.74) is 1.10. The first-order chi connectivity index (χ1) is 9.26. The van der Waals surface area contributed by atoms with E-state index in [1.807, 2.05) is 48.7 Å². The molecule has 0 amide bonds. The Labute approximate surface area is 120 Å². The van der Waals surface area contributed by atoms with Crippen molar-refractivity contribution < 1.29 is 4.74 Å². The molecule has 2 aromatic carbocycles. The Kier molecular flexibility index (Phi) is 3.40. The predicted octanol–water partition coefficient (Wildman–Crippen LogP) is 4.98. The molecular weight excluding hydrogens is 278 g/mol. The van der Waals surface area contributed by atoms with Crippen LogP contribution >= 0.6 is 23.4 Å². The van der Waals surface area contributed by atoms with Crippen LogP contribution in [0.25, 0.3) is 10.9 Å². The lowest BCUT2D eigenvalue weighted by atomic mass is 10.2. The largest absolute Gasteiger partial charge is 0.497 e. The van der Waals surface area contributed by atoms with Crippen molar-refractivity contribution >= 4 is 34.3 Å². The highest BCUT2D eigenvalue weighted by molar-refractivity contribution is 7.99. The Bertz CT molecular complexity index is 706. The summed E-state index contributed by atoms with van der Waals surface area (Å²) < 4.78 is 5.16. The van der Waals surface area contributed by atoms with Crippen molar-refractivity contribution in [3.63, 3.8) is 0 Å². The monoisotopic (exact) mass is 289 g/mol. The van der Waals surface area contributed by atoms with Crippen molar-refractivity contribution in [3.05, 3.63) is 53.7 Å². The smallest absolute Gasteiger partial charge is 0.118 e. The highest BCUT2D eigenvalue weighted by Gasteiger charge is 2.06. The van der Waals surface area contributed by atoms with E-state index < -0.39 is 0 Å². The van der Waals surface area contributed by atoms with Crippen LogP contribution in [0.15, 0.2) is 58.5 Å². The van der Waals surface area contributed by atoms with Gasteiger partial charge >= 0.3 is 0 Å². The fraction of sp³-hybridized carbons (Fsp3) is 0.0667. The van der Waals surface area contributed by atoms with E-state index in [2.05, 4.69) is 4.98 Å². The zero-order valence-corrected chi connectivity index (χ0v) is 11.9. The van der Waals surface area contributed by atoms with Gasteiger partial charge in [-0.3, -0.25) is 0 Å². The Balaban J connectivity index is 1.93. The Hall–Kier alpha value is -1.58. The zero-order chi connectivity index (χ0) is 13.2. The molecule has 0 spiro atoms. The van der Waals surface area contributed by atoms with Crippen LogP contribution in [0.5, 0.6) is 5.75 Å². The molecule has 4 heteroatoms. The lowest BCUT2D eigenvalue weighted by molar-refractivity contribution is 0.414. The number of methoxy groups -OCH3 is 1. The van der Waals surface area contributed by atoms with Gasteiger partial charge in [-0.25, -0.2) is 0 Å². The Morgan fingerprint density at radius 3 is 2.63 bits per heavy atom. The number of aromatic nitrogens is 1. The van der Waals surface area contributed by atoms with Gasteiger partial charge in [0.1, 0.15) is 5.75 Å². The number of hydrogen-bond acceptors (Lipinski definition) is 2. The molecule has 1 heterocycles. The maximum absolute atomic E-state index is 6.05. The summed E-state index contributed by atoms with van der Waals surface area (Å²) in [6.07, 6.45) is 2.01. The SMILES string of the molecule is COc1ccc(Sc2c[nH]c3ccc(Cl)cc23)cc1. The third-order valence-electron chi connectivity index (χ3n) is 2.89. The maximum atomic E-state index is 6.05. The summed E-state index contributed by atoms with van der Waals surface area (Å²) >= 11 is 7.76. The van der Waals surface area contributed by atoms with Crippen molar-refractivity contribution in [2.24, 2.45) is 0 Å². The quantitative estimate of drug-likeness (QED) is 0.735. The molecule has 1 N–H and O–H groups in total. The van der Waals surface area contributed by atoms with Crippen LogP contribution in [0, 0.1) is 0 Å². The maximum Gasteiger partial charge on any atom is 0.118 e. The lowest BCUT2D eigenvalue weighted by Gasteiger charge is -2.02. The van der Waals surface area contributed by atoms with Crippen molar-refractivity contribution in [1.29, 1.82) is 0 Å². The highest BCUT2D eigenvalue weighted by Crippen LogP contribution is 2.35. The minimum Gasteiger partial charge on any atom is -0.497 e. The van der Waals surface area contributed by atoms with Crippen LogP contribution in [-0.4, -0.2) is 12.1 Å². The minimum atomic E-state index is 0.753. The fourth-order valence-electron chi connectivity index (χ4n) is 1.92. The highest BCUT2D eigenvalue weighted by atomic mass is 35.5. The molecule has 0 aliphatic carbocycles. The molecule has 96 valence electrons. The standard InChI is InChI=1S/C15H12ClNOS/c1-18-11-3-5-12(6-4-11)19-15-9-17-14-7-2-10(16)8-13(14)15/h2-9,17H,1H3. The molecule has 0 bridgehead atoms. The summed E-state index contributed by atoms with van der Waals surface area (Å²) in [5, 5.41) is 1.90. The number of hydrogen-bond donors (Lipinski definition) is 1. The molecule has 0 aliphatic rings. The molecule has 19 heavy (non-hydrogen) atoms. The summed E-state index contributed by atoms with van der Waals surface area (Å²) in [7, 11) is 1.67. The van der Waals surface area contributed by atoms with E-state index in [1.165, 1.54) is 9.79 Å². The third kappa shape index (κ3) is 2.57. The van der Waals surface area contributed by atoms with E-state index in [4.69, 9.17) is 16.3 Å². The van der Waals surface area contributed by atoms with E-state index in [0.29, 0.717) is 0 Å². The normalized spacial score (nSPS) is 10.8. The molecule has 3 rings (SSSR count). The number of ether oxygens (including phenoxy) is 1. The van der Waals surface area contributed by atoms with Crippen LogP contribution < -0.4 is 4.74 Å². The van der Waals surface area contributed by atoms with Crippen molar-refractivity contribution in [1.82, 2.24) is 4.98 Å². The molecule has 0 saturated carbocycles. The minimum absolute atomic E-state index is 0.753. The predicted molar refractivity (Wildman–Crippen MR) is 80.4 cm³/mol. The van der Waals surface area contributed by atoms with Crippen LogP contribution in [-0.2, 0) is 0 Å². The zero-order valence-electron chi connectivity index (χ0n) is 10.3. The number of benzene rings is 2. The van der Waals surface area contributed by atoms with Crippen LogP contribution in [0.3, 0.4) is 0 Å². The molecule has 0 aliphatic heterocycles.